The molecule has 1 aliphatic heterocycles. The van der Waals surface area contributed by atoms with E-state index >= 15 is 0 Å². The second kappa shape index (κ2) is 7.07. The predicted molar refractivity (Wildman–Crippen MR) is 81.9 cm³/mol. The lowest BCUT2D eigenvalue weighted by atomic mass is 10.0. The van der Waals surface area contributed by atoms with Crippen LogP contribution in [-0.2, 0) is 9.53 Å². The number of nitrogens with two attached hydrogens (primary N) is 1. The van der Waals surface area contributed by atoms with Crippen LogP contribution in [0.3, 0.4) is 0 Å². The van der Waals surface area contributed by atoms with Gasteiger partial charge in [-0.3, -0.25) is 4.79 Å². The highest BCUT2D eigenvalue weighted by molar-refractivity contribution is 5.85. The van der Waals surface area contributed by atoms with Crippen molar-refractivity contribution in [3.8, 4) is 0 Å². The Labute approximate surface area is 126 Å². The van der Waals surface area contributed by atoms with Gasteiger partial charge in [-0.05, 0) is 26.3 Å². The van der Waals surface area contributed by atoms with Crippen LogP contribution in [0.2, 0.25) is 0 Å². The van der Waals surface area contributed by atoms with Crippen LogP contribution in [0.1, 0.15) is 31.0 Å². The number of carbonyl (C=O) groups is 1. The normalized spacial score (nSPS) is 23.9. The topological polar surface area (TPSA) is 55.6 Å². The molecule has 1 saturated heterocycles. The highest BCUT2D eigenvalue weighted by Gasteiger charge is 2.29. The molecule has 0 aliphatic carbocycles. The van der Waals surface area contributed by atoms with Gasteiger partial charge in [0.2, 0.25) is 5.91 Å². The van der Waals surface area contributed by atoms with Crippen molar-refractivity contribution in [3.63, 3.8) is 0 Å². The summed E-state index contributed by atoms with van der Waals surface area (Å²) < 4.78 is 5.63. The Morgan fingerprint density at radius 2 is 1.75 bits per heavy atom. The fourth-order valence-corrected chi connectivity index (χ4v) is 2.47. The molecule has 3 atom stereocenters. The molecule has 2 rings (SSSR count). The molecule has 4 nitrogen and oxygen atoms in total. The van der Waals surface area contributed by atoms with E-state index in [4.69, 9.17) is 10.5 Å². The maximum atomic E-state index is 12.4. The number of ether oxygens (including phenoxy) is 1. The molecule has 1 amide bonds. The molecule has 0 saturated carbocycles. The van der Waals surface area contributed by atoms with E-state index in [9.17, 15) is 4.79 Å². The number of amides is 1. The molecule has 1 aliphatic rings. The van der Waals surface area contributed by atoms with Crippen molar-refractivity contribution in [3.05, 3.63) is 35.4 Å². The molecule has 20 heavy (non-hydrogen) atoms. The molecule has 0 bridgehead atoms. The highest BCUT2D eigenvalue weighted by Crippen LogP contribution is 2.18. The van der Waals surface area contributed by atoms with Crippen molar-refractivity contribution in [2.45, 2.75) is 39.0 Å². The van der Waals surface area contributed by atoms with Gasteiger partial charge in [-0.1, -0.05) is 29.8 Å². The molecule has 1 aromatic rings. The Balaban J connectivity index is 0.00000200. The Kier molecular flexibility index (Phi) is 5.99. The number of rotatable bonds is 2. The first-order chi connectivity index (χ1) is 8.97. The second-order valence-corrected chi connectivity index (χ2v) is 5.39. The van der Waals surface area contributed by atoms with Crippen LogP contribution in [0.25, 0.3) is 0 Å². The lowest BCUT2D eigenvalue weighted by Crippen LogP contribution is -2.50. The van der Waals surface area contributed by atoms with Gasteiger partial charge < -0.3 is 15.4 Å². The van der Waals surface area contributed by atoms with E-state index in [0.29, 0.717) is 13.1 Å². The highest BCUT2D eigenvalue weighted by atomic mass is 35.5. The van der Waals surface area contributed by atoms with Gasteiger partial charge in [-0.25, -0.2) is 0 Å². The van der Waals surface area contributed by atoms with E-state index in [1.807, 2.05) is 49.9 Å². The summed E-state index contributed by atoms with van der Waals surface area (Å²) in [6.07, 6.45) is 0.135. The number of benzene rings is 1. The van der Waals surface area contributed by atoms with Crippen molar-refractivity contribution in [1.29, 1.82) is 0 Å². The van der Waals surface area contributed by atoms with Crippen LogP contribution in [0.5, 0.6) is 0 Å². The standard InChI is InChI=1S/C15H22N2O2.ClH/c1-10-4-6-13(7-5-10)14(16)15(18)17-8-11(2)19-12(3)9-17;/h4-7,11-12,14H,8-9,16H2,1-3H3;1H/t11-,12+,14?;. The quantitative estimate of drug-likeness (QED) is 0.909. The first-order valence-electron chi connectivity index (χ1n) is 6.73. The number of hydrogen-bond acceptors (Lipinski definition) is 3. The van der Waals surface area contributed by atoms with Gasteiger partial charge in [0.05, 0.1) is 12.2 Å². The van der Waals surface area contributed by atoms with Gasteiger partial charge in [-0.15, -0.1) is 12.4 Å². The van der Waals surface area contributed by atoms with E-state index < -0.39 is 6.04 Å². The Morgan fingerprint density at radius 3 is 2.25 bits per heavy atom. The van der Waals surface area contributed by atoms with Crippen LogP contribution in [0.15, 0.2) is 24.3 Å². The molecule has 0 spiro atoms. The number of hydrogen-bond donors (Lipinski definition) is 1. The summed E-state index contributed by atoms with van der Waals surface area (Å²) in [4.78, 5) is 14.2. The zero-order valence-corrected chi connectivity index (χ0v) is 13.0. The van der Waals surface area contributed by atoms with Crippen LogP contribution in [0, 0.1) is 6.92 Å². The summed E-state index contributed by atoms with van der Waals surface area (Å²) in [5, 5.41) is 0. The zero-order chi connectivity index (χ0) is 14.0. The van der Waals surface area contributed by atoms with E-state index in [-0.39, 0.29) is 30.5 Å². The monoisotopic (exact) mass is 298 g/mol. The SMILES string of the molecule is Cc1ccc(C(N)C(=O)N2C[C@@H](C)O[C@@H](C)C2)cc1.Cl. The molecule has 1 unspecified atom stereocenters. The van der Waals surface area contributed by atoms with Crippen molar-refractivity contribution in [1.82, 2.24) is 4.90 Å². The Hall–Kier alpha value is -1.10. The summed E-state index contributed by atoms with van der Waals surface area (Å²) in [7, 11) is 0. The number of carbonyl (C=O) groups excluding carboxylic acids is 1. The molecule has 2 N–H and O–H groups in total. The van der Waals surface area contributed by atoms with E-state index in [2.05, 4.69) is 0 Å². The molecule has 0 aromatic heterocycles. The van der Waals surface area contributed by atoms with Gasteiger partial charge in [-0.2, -0.15) is 0 Å². The molecule has 1 fully saturated rings. The van der Waals surface area contributed by atoms with Crippen LogP contribution in [-0.4, -0.2) is 36.1 Å². The van der Waals surface area contributed by atoms with Crippen LogP contribution >= 0.6 is 12.4 Å². The van der Waals surface area contributed by atoms with Gasteiger partial charge in [0.25, 0.3) is 0 Å². The average Bonchev–Trinajstić information content (AvgIpc) is 2.37. The lowest BCUT2D eigenvalue weighted by Gasteiger charge is -2.36. The maximum Gasteiger partial charge on any atom is 0.244 e. The minimum Gasteiger partial charge on any atom is -0.372 e. The van der Waals surface area contributed by atoms with Crippen LogP contribution < -0.4 is 5.73 Å². The second-order valence-electron chi connectivity index (χ2n) is 5.39. The Morgan fingerprint density at radius 1 is 1.25 bits per heavy atom. The van der Waals surface area contributed by atoms with Gasteiger partial charge in [0.1, 0.15) is 6.04 Å². The predicted octanol–water partition coefficient (Wildman–Crippen LogP) is 2.05. The van der Waals surface area contributed by atoms with E-state index in [0.717, 1.165) is 11.1 Å². The third kappa shape index (κ3) is 3.95. The third-order valence-corrected chi connectivity index (χ3v) is 3.43. The molecule has 1 aromatic carbocycles. The van der Waals surface area contributed by atoms with Gasteiger partial charge >= 0.3 is 0 Å². The Bertz CT molecular complexity index is 440. The van der Waals surface area contributed by atoms with Crippen LogP contribution in [0.4, 0.5) is 0 Å². The van der Waals surface area contributed by atoms with E-state index in [1.54, 1.807) is 0 Å². The fourth-order valence-electron chi connectivity index (χ4n) is 2.47. The number of morpholine rings is 1. The minimum absolute atomic E-state index is 0. The van der Waals surface area contributed by atoms with Gasteiger partial charge in [0.15, 0.2) is 0 Å². The first kappa shape index (κ1) is 17.0. The summed E-state index contributed by atoms with van der Waals surface area (Å²) >= 11 is 0. The summed E-state index contributed by atoms with van der Waals surface area (Å²) in [5.74, 6) is -0.0224. The van der Waals surface area contributed by atoms with Gasteiger partial charge in [0, 0.05) is 13.1 Å². The number of aryl methyl sites for hydroxylation is 1. The minimum atomic E-state index is -0.585. The molecular formula is C15H23ClN2O2. The molecule has 112 valence electrons. The van der Waals surface area contributed by atoms with E-state index in [1.165, 1.54) is 0 Å². The molecular weight excluding hydrogens is 276 g/mol. The number of halogens is 1. The first-order valence-corrected chi connectivity index (χ1v) is 6.73. The lowest BCUT2D eigenvalue weighted by molar-refractivity contribution is -0.144. The molecule has 5 heteroatoms. The largest absolute Gasteiger partial charge is 0.372 e. The average molecular weight is 299 g/mol. The van der Waals surface area contributed by atoms with Crippen molar-refractivity contribution in [2.24, 2.45) is 5.73 Å². The van der Waals surface area contributed by atoms with Crippen molar-refractivity contribution < 1.29 is 9.53 Å². The third-order valence-electron chi connectivity index (χ3n) is 3.43. The summed E-state index contributed by atoms with van der Waals surface area (Å²) in [6, 6.07) is 7.22. The molecule has 1 heterocycles. The number of nitrogens with zero attached hydrogens (tertiary/aromatic N) is 1. The van der Waals surface area contributed by atoms with Crippen molar-refractivity contribution >= 4 is 18.3 Å². The summed E-state index contributed by atoms with van der Waals surface area (Å²) in [6.45, 7) is 7.20. The molecule has 0 radical (unpaired) electrons. The zero-order valence-electron chi connectivity index (χ0n) is 12.2. The smallest absolute Gasteiger partial charge is 0.244 e. The van der Waals surface area contributed by atoms with Crippen molar-refractivity contribution in [2.75, 3.05) is 13.1 Å². The fraction of sp³-hybridized carbons (Fsp3) is 0.533. The summed E-state index contributed by atoms with van der Waals surface area (Å²) in [5.41, 5.74) is 8.11. The maximum absolute atomic E-state index is 12.4.